The van der Waals surface area contributed by atoms with Gasteiger partial charge in [0.15, 0.2) is 0 Å². The highest BCUT2D eigenvalue weighted by atomic mass is 16.5. The van der Waals surface area contributed by atoms with Crippen molar-refractivity contribution < 1.29 is 9.53 Å². The smallest absolute Gasteiger partial charge is 0.227 e. The Hall–Kier alpha value is -2.74. The molecule has 0 unspecified atom stereocenters. The minimum atomic E-state index is -0.0898. The molecule has 8 heteroatoms. The molecule has 8 nitrogen and oxygen atoms in total. The highest BCUT2D eigenvalue weighted by molar-refractivity contribution is 5.90. The van der Waals surface area contributed by atoms with E-state index in [-0.39, 0.29) is 5.91 Å². The SMILES string of the molecule is Cc1cccc(NC(=O)CCNc2cc(N3CCOCC3)ncn2)n1. The van der Waals surface area contributed by atoms with Gasteiger partial charge in [-0.25, -0.2) is 15.0 Å². The molecule has 0 atom stereocenters. The lowest BCUT2D eigenvalue weighted by atomic mass is 10.3. The molecule has 25 heavy (non-hydrogen) atoms. The maximum atomic E-state index is 12.0. The molecule has 1 aliphatic rings. The number of pyridine rings is 1. The Morgan fingerprint density at radius 3 is 2.88 bits per heavy atom. The van der Waals surface area contributed by atoms with Crippen LogP contribution in [-0.4, -0.2) is 53.7 Å². The summed E-state index contributed by atoms with van der Waals surface area (Å²) in [6.45, 7) is 5.43. The number of morpholine rings is 1. The Labute approximate surface area is 146 Å². The molecule has 2 N–H and O–H groups in total. The molecule has 0 bridgehead atoms. The molecule has 0 spiro atoms. The van der Waals surface area contributed by atoms with Crippen LogP contribution in [0.3, 0.4) is 0 Å². The number of rotatable bonds is 6. The molecule has 0 radical (unpaired) electrons. The normalized spacial score (nSPS) is 14.2. The molecule has 1 aliphatic heterocycles. The topological polar surface area (TPSA) is 92.3 Å². The van der Waals surface area contributed by atoms with Crippen molar-refractivity contribution in [3.63, 3.8) is 0 Å². The summed E-state index contributed by atoms with van der Waals surface area (Å²) in [5.74, 6) is 2.06. The Balaban J connectivity index is 1.47. The number of ether oxygens (including phenoxy) is 1. The zero-order valence-corrected chi connectivity index (χ0v) is 14.2. The van der Waals surface area contributed by atoms with E-state index in [0.717, 1.165) is 24.6 Å². The van der Waals surface area contributed by atoms with Crippen molar-refractivity contribution >= 4 is 23.4 Å². The van der Waals surface area contributed by atoms with E-state index in [1.807, 2.05) is 25.1 Å². The lowest BCUT2D eigenvalue weighted by Crippen LogP contribution is -2.36. The van der Waals surface area contributed by atoms with Crippen molar-refractivity contribution in [1.82, 2.24) is 15.0 Å². The second-order valence-corrected chi connectivity index (χ2v) is 5.75. The van der Waals surface area contributed by atoms with Crippen LogP contribution in [0.25, 0.3) is 0 Å². The lowest BCUT2D eigenvalue weighted by Gasteiger charge is -2.27. The third kappa shape index (κ3) is 5.12. The molecular weight excluding hydrogens is 320 g/mol. The van der Waals surface area contributed by atoms with Gasteiger partial charge in [-0.1, -0.05) is 6.07 Å². The predicted octanol–water partition coefficient (Wildman–Crippen LogP) is 1.46. The van der Waals surface area contributed by atoms with Crippen LogP contribution in [0.4, 0.5) is 17.5 Å². The van der Waals surface area contributed by atoms with E-state index in [1.54, 1.807) is 6.07 Å². The molecule has 2 aromatic rings. The summed E-state index contributed by atoms with van der Waals surface area (Å²) in [7, 11) is 0. The van der Waals surface area contributed by atoms with Gasteiger partial charge in [0, 0.05) is 37.8 Å². The van der Waals surface area contributed by atoms with Gasteiger partial charge in [0.05, 0.1) is 13.2 Å². The van der Waals surface area contributed by atoms with E-state index in [4.69, 9.17) is 4.74 Å². The molecule has 0 saturated carbocycles. The van der Waals surface area contributed by atoms with Crippen molar-refractivity contribution in [2.24, 2.45) is 0 Å². The number of aromatic nitrogens is 3. The van der Waals surface area contributed by atoms with Gasteiger partial charge < -0.3 is 20.3 Å². The first-order valence-corrected chi connectivity index (χ1v) is 8.33. The first-order valence-electron chi connectivity index (χ1n) is 8.33. The van der Waals surface area contributed by atoms with Gasteiger partial charge in [-0.3, -0.25) is 4.79 Å². The number of hydrogen-bond acceptors (Lipinski definition) is 7. The lowest BCUT2D eigenvalue weighted by molar-refractivity contribution is -0.116. The van der Waals surface area contributed by atoms with Crippen LogP contribution < -0.4 is 15.5 Å². The summed E-state index contributed by atoms with van der Waals surface area (Å²) >= 11 is 0. The van der Waals surface area contributed by atoms with Crippen molar-refractivity contribution in [3.05, 3.63) is 36.3 Å². The molecule has 132 valence electrons. The number of nitrogens with zero attached hydrogens (tertiary/aromatic N) is 4. The van der Waals surface area contributed by atoms with Crippen LogP contribution in [0.2, 0.25) is 0 Å². The van der Waals surface area contributed by atoms with Crippen LogP contribution in [0.5, 0.6) is 0 Å². The van der Waals surface area contributed by atoms with Gasteiger partial charge in [-0.15, -0.1) is 0 Å². The van der Waals surface area contributed by atoms with Gasteiger partial charge in [-0.2, -0.15) is 0 Å². The van der Waals surface area contributed by atoms with Gasteiger partial charge in [-0.05, 0) is 19.1 Å². The molecular formula is C17H22N6O2. The number of anilines is 3. The quantitative estimate of drug-likeness (QED) is 0.821. The Bertz CT molecular complexity index is 718. The Morgan fingerprint density at radius 1 is 1.24 bits per heavy atom. The van der Waals surface area contributed by atoms with Gasteiger partial charge in [0.1, 0.15) is 23.8 Å². The highest BCUT2D eigenvalue weighted by Crippen LogP contribution is 2.15. The van der Waals surface area contributed by atoms with E-state index in [1.165, 1.54) is 6.33 Å². The number of aryl methyl sites for hydroxylation is 1. The van der Waals surface area contributed by atoms with Crippen LogP contribution in [0.15, 0.2) is 30.6 Å². The molecule has 1 amide bonds. The fourth-order valence-corrected chi connectivity index (χ4v) is 2.53. The van der Waals surface area contributed by atoms with Gasteiger partial charge in [0.25, 0.3) is 0 Å². The van der Waals surface area contributed by atoms with Crippen LogP contribution in [0, 0.1) is 6.92 Å². The van der Waals surface area contributed by atoms with Crippen LogP contribution in [0.1, 0.15) is 12.1 Å². The second kappa shape index (κ2) is 8.39. The third-order valence-electron chi connectivity index (χ3n) is 3.80. The fraction of sp³-hybridized carbons (Fsp3) is 0.412. The average molecular weight is 342 g/mol. The summed E-state index contributed by atoms with van der Waals surface area (Å²) in [6.07, 6.45) is 1.86. The van der Waals surface area contributed by atoms with Crippen molar-refractivity contribution in [1.29, 1.82) is 0 Å². The van der Waals surface area contributed by atoms with E-state index < -0.39 is 0 Å². The van der Waals surface area contributed by atoms with Gasteiger partial charge in [0.2, 0.25) is 5.91 Å². The van der Waals surface area contributed by atoms with Crippen molar-refractivity contribution in [2.45, 2.75) is 13.3 Å². The van der Waals surface area contributed by atoms with Crippen molar-refractivity contribution in [2.75, 3.05) is 48.4 Å². The van der Waals surface area contributed by atoms with E-state index in [2.05, 4.69) is 30.5 Å². The number of hydrogen-bond donors (Lipinski definition) is 2. The summed E-state index contributed by atoms with van der Waals surface area (Å²) < 4.78 is 5.35. The van der Waals surface area contributed by atoms with E-state index in [9.17, 15) is 4.79 Å². The molecule has 1 saturated heterocycles. The van der Waals surface area contributed by atoms with Crippen LogP contribution >= 0.6 is 0 Å². The highest BCUT2D eigenvalue weighted by Gasteiger charge is 2.13. The Kier molecular flexibility index (Phi) is 5.73. The summed E-state index contributed by atoms with van der Waals surface area (Å²) in [5, 5.41) is 5.95. The zero-order valence-electron chi connectivity index (χ0n) is 14.2. The first kappa shape index (κ1) is 17.1. The maximum Gasteiger partial charge on any atom is 0.227 e. The van der Waals surface area contributed by atoms with Crippen LogP contribution in [-0.2, 0) is 9.53 Å². The minimum absolute atomic E-state index is 0.0898. The summed E-state index contributed by atoms with van der Waals surface area (Å²) in [6, 6.07) is 7.42. The number of nitrogens with one attached hydrogen (secondary N) is 2. The molecule has 0 aromatic carbocycles. The maximum absolute atomic E-state index is 12.0. The zero-order chi connectivity index (χ0) is 17.5. The second-order valence-electron chi connectivity index (χ2n) is 5.75. The Morgan fingerprint density at radius 2 is 2.08 bits per heavy atom. The van der Waals surface area contributed by atoms with Gasteiger partial charge >= 0.3 is 0 Å². The fourth-order valence-electron chi connectivity index (χ4n) is 2.53. The molecule has 0 aliphatic carbocycles. The molecule has 2 aromatic heterocycles. The van der Waals surface area contributed by atoms with Crippen molar-refractivity contribution in [3.8, 4) is 0 Å². The molecule has 3 rings (SSSR count). The summed E-state index contributed by atoms with van der Waals surface area (Å²) in [4.78, 5) is 26.9. The summed E-state index contributed by atoms with van der Waals surface area (Å²) in [5.41, 5.74) is 0.868. The average Bonchev–Trinajstić information content (AvgIpc) is 2.63. The first-order chi connectivity index (χ1) is 12.2. The standard InChI is InChI=1S/C17H22N6O2/c1-13-3-2-4-14(21-13)22-17(24)5-6-18-15-11-16(20-12-19-15)23-7-9-25-10-8-23/h2-4,11-12H,5-10H2,1H3,(H,18,19,20)(H,21,22,24). The number of carbonyl (C=O) groups is 1. The number of amides is 1. The minimum Gasteiger partial charge on any atom is -0.378 e. The number of carbonyl (C=O) groups excluding carboxylic acids is 1. The monoisotopic (exact) mass is 342 g/mol. The largest absolute Gasteiger partial charge is 0.378 e. The van der Waals surface area contributed by atoms with E-state index >= 15 is 0 Å². The molecule has 3 heterocycles. The molecule has 1 fully saturated rings. The van der Waals surface area contributed by atoms with E-state index in [0.29, 0.717) is 37.8 Å². The predicted molar refractivity (Wildman–Crippen MR) is 95.8 cm³/mol. The third-order valence-corrected chi connectivity index (χ3v) is 3.80.